The summed E-state index contributed by atoms with van der Waals surface area (Å²) >= 11 is 0. The second-order valence-electron chi connectivity index (χ2n) is 20.4. The molecular formula is C63H105O3P. The van der Waals surface area contributed by atoms with Gasteiger partial charge in [-0.15, -0.1) is 0 Å². The number of para-hydroxylation sites is 1. The van der Waals surface area contributed by atoms with Crippen molar-refractivity contribution in [1.82, 2.24) is 0 Å². The second kappa shape index (κ2) is 41.6. The van der Waals surface area contributed by atoms with Gasteiger partial charge in [-0.2, -0.15) is 0 Å². The van der Waals surface area contributed by atoms with Gasteiger partial charge in [-0.05, 0) is 110 Å². The molecule has 0 saturated heterocycles. The summed E-state index contributed by atoms with van der Waals surface area (Å²) in [5, 5.41) is 0. The molecule has 0 spiro atoms. The molecule has 0 aliphatic rings. The molecule has 0 heterocycles. The van der Waals surface area contributed by atoms with Crippen LogP contribution in [-0.2, 0) is 30.2 Å². The van der Waals surface area contributed by atoms with E-state index in [1.165, 1.54) is 238 Å². The molecule has 1 N–H and O–H groups in total. The molecule has 3 nitrogen and oxygen atoms in total. The summed E-state index contributed by atoms with van der Waals surface area (Å²) in [7, 11) is -1.88. The molecular weight excluding hydrogens is 836 g/mol. The number of benzene rings is 3. The van der Waals surface area contributed by atoms with Gasteiger partial charge in [-0.1, -0.05) is 268 Å². The molecule has 1 atom stereocenters. The predicted octanol–water partition coefficient (Wildman–Crippen LogP) is 21.0. The van der Waals surface area contributed by atoms with Gasteiger partial charge >= 0.3 is 8.60 Å². The topological polar surface area (TPSA) is 38.7 Å². The maximum atomic E-state index is 10.3. The van der Waals surface area contributed by atoms with Gasteiger partial charge in [0, 0.05) is 5.92 Å². The zero-order valence-corrected chi connectivity index (χ0v) is 45.3. The van der Waals surface area contributed by atoms with Crippen molar-refractivity contribution in [2.75, 3.05) is 6.61 Å². The summed E-state index contributed by atoms with van der Waals surface area (Å²) in [4.78, 5) is 10.3. The first-order valence-corrected chi connectivity index (χ1v) is 30.3. The highest BCUT2D eigenvalue weighted by atomic mass is 31.2. The summed E-state index contributed by atoms with van der Waals surface area (Å²) in [5.74, 6) is 1.12. The fourth-order valence-electron chi connectivity index (χ4n) is 10.5. The summed E-state index contributed by atoms with van der Waals surface area (Å²) in [6, 6.07) is 24.6. The Kier molecular flexibility index (Phi) is 36.7. The van der Waals surface area contributed by atoms with E-state index in [4.69, 9.17) is 9.05 Å². The zero-order valence-electron chi connectivity index (χ0n) is 44.4. The highest BCUT2D eigenvalue weighted by Crippen LogP contribution is 2.39. The van der Waals surface area contributed by atoms with Crippen molar-refractivity contribution in [1.29, 1.82) is 0 Å². The average Bonchev–Trinajstić information content (AvgIpc) is 3.34. The smallest absolute Gasteiger partial charge is 0.394 e. The lowest BCUT2D eigenvalue weighted by atomic mass is 9.77. The summed E-state index contributed by atoms with van der Waals surface area (Å²) < 4.78 is 11.2. The van der Waals surface area contributed by atoms with Crippen molar-refractivity contribution in [2.45, 2.75) is 284 Å². The van der Waals surface area contributed by atoms with E-state index >= 15 is 0 Å². The van der Waals surface area contributed by atoms with E-state index in [1.807, 2.05) is 30.3 Å². The minimum absolute atomic E-state index is 0.462. The van der Waals surface area contributed by atoms with E-state index < -0.39 is 8.60 Å². The molecule has 0 saturated carbocycles. The van der Waals surface area contributed by atoms with Gasteiger partial charge in [-0.25, -0.2) is 0 Å². The van der Waals surface area contributed by atoms with E-state index in [9.17, 15) is 4.89 Å². The van der Waals surface area contributed by atoms with Gasteiger partial charge in [0.25, 0.3) is 0 Å². The molecule has 3 rings (SSSR count). The fourth-order valence-corrected chi connectivity index (χ4v) is 11.1. The first-order chi connectivity index (χ1) is 33.1. The Labute approximate surface area is 417 Å². The van der Waals surface area contributed by atoms with Crippen LogP contribution in [0.4, 0.5) is 0 Å². The van der Waals surface area contributed by atoms with Gasteiger partial charge in [0.15, 0.2) is 0 Å². The second-order valence-corrected chi connectivity index (χ2v) is 21.3. The third-order valence-electron chi connectivity index (χ3n) is 14.5. The van der Waals surface area contributed by atoms with Crippen molar-refractivity contribution in [3.8, 4) is 5.75 Å². The third kappa shape index (κ3) is 27.7. The minimum atomic E-state index is -1.88. The van der Waals surface area contributed by atoms with Crippen LogP contribution in [0.25, 0.3) is 0 Å². The minimum Gasteiger partial charge on any atom is -0.427 e. The molecule has 3 aromatic rings. The van der Waals surface area contributed by atoms with Gasteiger partial charge in [0.2, 0.25) is 0 Å². The first kappa shape index (κ1) is 59.1. The molecule has 0 bridgehead atoms. The predicted molar refractivity (Wildman–Crippen MR) is 296 cm³/mol. The average molecular weight is 942 g/mol. The van der Waals surface area contributed by atoms with Crippen LogP contribution in [0.15, 0.2) is 66.7 Å². The van der Waals surface area contributed by atoms with Crippen molar-refractivity contribution in [3.05, 3.63) is 100 Å². The SMILES string of the molecule is CCCCCCCCCc1cccc(C(CCCCCCCCOP(O)Oc2ccccc2)c2cccc(CCCCCCCCC)c2CCCCCCCCC)c1CCCCCCCCC. The molecule has 0 amide bonds. The normalized spacial score (nSPS) is 12.1. The molecule has 0 fully saturated rings. The van der Waals surface area contributed by atoms with Crippen LogP contribution in [-0.4, -0.2) is 11.5 Å². The molecule has 380 valence electrons. The van der Waals surface area contributed by atoms with Crippen molar-refractivity contribution in [3.63, 3.8) is 0 Å². The van der Waals surface area contributed by atoms with Gasteiger partial charge in [0.1, 0.15) is 5.75 Å². The number of hydrogen-bond acceptors (Lipinski definition) is 3. The van der Waals surface area contributed by atoms with Crippen LogP contribution in [0, 0.1) is 0 Å². The molecule has 0 aliphatic carbocycles. The lowest BCUT2D eigenvalue weighted by Gasteiger charge is -2.27. The summed E-state index contributed by atoms with van der Waals surface area (Å²) in [5.41, 5.74) is 10.1. The van der Waals surface area contributed by atoms with Crippen LogP contribution in [0.2, 0.25) is 0 Å². The van der Waals surface area contributed by atoms with E-state index in [1.54, 1.807) is 33.4 Å². The Morgan fingerprint density at radius 1 is 0.373 bits per heavy atom. The Morgan fingerprint density at radius 2 is 0.731 bits per heavy atom. The van der Waals surface area contributed by atoms with E-state index in [-0.39, 0.29) is 0 Å². The van der Waals surface area contributed by atoms with Crippen LogP contribution in [0.1, 0.15) is 292 Å². The van der Waals surface area contributed by atoms with Crippen molar-refractivity contribution >= 4 is 8.60 Å². The van der Waals surface area contributed by atoms with Crippen molar-refractivity contribution in [2.24, 2.45) is 0 Å². The molecule has 4 heteroatoms. The maximum absolute atomic E-state index is 10.3. The number of rotatable bonds is 46. The zero-order chi connectivity index (χ0) is 47.7. The molecule has 0 aromatic heterocycles. The Morgan fingerprint density at radius 3 is 1.15 bits per heavy atom. The van der Waals surface area contributed by atoms with Crippen LogP contribution < -0.4 is 4.52 Å². The number of hydrogen-bond donors (Lipinski definition) is 1. The summed E-state index contributed by atoms with van der Waals surface area (Å²) in [6.45, 7) is 9.87. The third-order valence-corrected chi connectivity index (χ3v) is 15.3. The number of aryl methyl sites for hydroxylation is 2. The van der Waals surface area contributed by atoms with E-state index in [2.05, 4.69) is 64.1 Å². The molecule has 0 radical (unpaired) electrons. The fraction of sp³-hybridized carbons (Fsp3) is 0.714. The largest absolute Gasteiger partial charge is 0.427 e. The van der Waals surface area contributed by atoms with Gasteiger partial charge < -0.3 is 13.9 Å². The molecule has 3 aromatic carbocycles. The Bertz CT molecular complexity index is 1470. The van der Waals surface area contributed by atoms with Crippen molar-refractivity contribution < 1.29 is 13.9 Å². The van der Waals surface area contributed by atoms with Crippen LogP contribution in [0.5, 0.6) is 5.75 Å². The lowest BCUT2D eigenvalue weighted by Crippen LogP contribution is -2.12. The Hall–Kier alpha value is -2.19. The van der Waals surface area contributed by atoms with Crippen LogP contribution in [0.3, 0.4) is 0 Å². The molecule has 0 aliphatic heterocycles. The Balaban J connectivity index is 1.85. The first-order valence-electron chi connectivity index (χ1n) is 29.2. The summed E-state index contributed by atoms with van der Waals surface area (Å²) in [6.07, 6.45) is 51.7. The quantitative estimate of drug-likeness (QED) is 0.0453. The highest BCUT2D eigenvalue weighted by Gasteiger charge is 2.23. The highest BCUT2D eigenvalue weighted by molar-refractivity contribution is 7.41. The molecule has 1 unspecified atom stereocenters. The lowest BCUT2D eigenvalue weighted by molar-refractivity contribution is 0.253. The maximum Gasteiger partial charge on any atom is 0.394 e. The molecule has 67 heavy (non-hydrogen) atoms. The van der Waals surface area contributed by atoms with E-state index in [0.717, 1.165) is 12.8 Å². The number of unbranched alkanes of at least 4 members (excludes halogenated alkanes) is 29. The van der Waals surface area contributed by atoms with Crippen LogP contribution >= 0.6 is 8.60 Å². The van der Waals surface area contributed by atoms with Gasteiger partial charge in [-0.3, -0.25) is 0 Å². The standard InChI is InChI=1S/C63H105O3P/c1-5-9-13-17-21-27-34-44-56-46-42-53-61(59(56)50-38-29-23-19-15-11-7-3)63(52-40-31-25-26-32-41-55-65-67(64)66-58-48-36-33-37-49-58)62-54-43-47-57(45-35-28-22-18-14-10-6-2)60(62)51-39-30-24-20-16-12-8-4/h33,36-37,42-43,46-49,53-54,63-64H,5-32,34-35,38-41,44-45,50-52,55H2,1-4H3. The van der Waals surface area contributed by atoms with E-state index in [0.29, 0.717) is 18.3 Å². The van der Waals surface area contributed by atoms with Gasteiger partial charge in [0.05, 0.1) is 6.61 Å². The monoisotopic (exact) mass is 941 g/mol.